The van der Waals surface area contributed by atoms with E-state index in [2.05, 4.69) is 10.0 Å². The number of nitrogens with one attached hydrogen (secondary N) is 2. The Kier molecular flexibility index (Phi) is 8.96. The van der Waals surface area contributed by atoms with E-state index in [1.54, 1.807) is 79.3 Å². The average molecular weight is 633 g/mol. The predicted molar refractivity (Wildman–Crippen MR) is 175 cm³/mol. The number of nitrogens with zero attached hydrogens (tertiary/aromatic N) is 2. The molecule has 2 N–H and O–H groups in total. The summed E-state index contributed by atoms with van der Waals surface area (Å²) in [5.74, 6) is 0.0335. The molecule has 0 bridgehead atoms. The first-order valence-electron chi connectivity index (χ1n) is 14.0. The molecule has 0 aliphatic rings. The summed E-state index contributed by atoms with van der Waals surface area (Å²) in [5.41, 5.74) is 3.31. The van der Waals surface area contributed by atoms with Gasteiger partial charge in [-0.15, -0.1) is 0 Å². The molecule has 0 unspecified atom stereocenters. The van der Waals surface area contributed by atoms with E-state index in [-0.39, 0.29) is 36.2 Å². The van der Waals surface area contributed by atoms with Gasteiger partial charge in [0.15, 0.2) is 0 Å². The van der Waals surface area contributed by atoms with E-state index in [9.17, 15) is 18.0 Å². The van der Waals surface area contributed by atoms with Crippen molar-refractivity contribution in [1.29, 1.82) is 0 Å². The van der Waals surface area contributed by atoms with Gasteiger partial charge in [-0.2, -0.15) is 0 Å². The smallest absolute Gasteiger partial charge is 0.262 e. The molecule has 0 aliphatic heterocycles. The van der Waals surface area contributed by atoms with Crippen LogP contribution in [-0.2, 0) is 21.2 Å². The van der Waals surface area contributed by atoms with Crippen molar-refractivity contribution in [3.05, 3.63) is 101 Å². The zero-order chi connectivity index (χ0) is 31.6. The number of hydrogen-bond acceptors (Lipinski definition) is 6. The molecule has 5 aromatic rings. The number of aromatic nitrogens is 1. The van der Waals surface area contributed by atoms with Crippen LogP contribution in [0.3, 0.4) is 0 Å². The number of ether oxygens (including phenoxy) is 1. The minimum Gasteiger partial charge on any atom is -0.497 e. The van der Waals surface area contributed by atoms with Gasteiger partial charge in [-0.25, -0.2) is 13.1 Å². The number of benzene rings is 4. The topological polar surface area (TPSA) is 110 Å². The highest BCUT2D eigenvalue weighted by Gasteiger charge is 2.23. The van der Waals surface area contributed by atoms with Gasteiger partial charge in [0.2, 0.25) is 15.9 Å². The van der Waals surface area contributed by atoms with Crippen LogP contribution in [0.5, 0.6) is 5.75 Å². The summed E-state index contributed by atoms with van der Waals surface area (Å²) >= 11 is 6.01. The highest BCUT2D eigenvalue weighted by Crippen LogP contribution is 2.32. The number of halogens is 1. The number of hydrogen-bond donors (Lipinski definition) is 2. The molecular weight excluding hydrogens is 600 g/mol. The van der Waals surface area contributed by atoms with Crippen molar-refractivity contribution < 1.29 is 22.7 Å². The Balaban J connectivity index is 1.31. The van der Waals surface area contributed by atoms with Crippen LogP contribution >= 0.6 is 11.6 Å². The van der Waals surface area contributed by atoms with Crippen molar-refractivity contribution in [2.75, 3.05) is 39.2 Å². The van der Waals surface area contributed by atoms with Crippen LogP contribution in [0.15, 0.2) is 83.8 Å². The highest BCUT2D eigenvalue weighted by molar-refractivity contribution is 7.89. The van der Waals surface area contributed by atoms with Gasteiger partial charge in [0.05, 0.1) is 23.9 Å². The van der Waals surface area contributed by atoms with Gasteiger partial charge in [-0.1, -0.05) is 35.9 Å². The van der Waals surface area contributed by atoms with E-state index >= 15 is 0 Å². The molecule has 0 aliphatic carbocycles. The van der Waals surface area contributed by atoms with Crippen LogP contribution in [-0.4, -0.2) is 59.1 Å². The number of rotatable bonds is 10. The van der Waals surface area contributed by atoms with Gasteiger partial charge in [0, 0.05) is 65.3 Å². The molecule has 44 heavy (non-hydrogen) atoms. The molecule has 11 heteroatoms. The zero-order valence-corrected chi connectivity index (χ0v) is 26.4. The molecule has 1 heterocycles. The predicted octanol–water partition coefficient (Wildman–Crippen LogP) is 5.16. The third kappa shape index (κ3) is 6.14. The van der Waals surface area contributed by atoms with Gasteiger partial charge >= 0.3 is 0 Å². The summed E-state index contributed by atoms with van der Waals surface area (Å²) in [7, 11) is 1.52. The summed E-state index contributed by atoms with van der Waals surface area (Å²) in [5, 5.41) is 5.48. The number of anilines is 1. The van der Waals surface area contributed by atoms with Crippen molar-refractivity contribution in [1.82, 2.24) is 14.6 Å². The number of amides is 1. The van der Waals surface area contributed by atoms with E-state index < -0.39 is 10.0 Å². The maximum absolute atomic E-state index is 13.5. The van der Waals surface area contributed by atoms with Crippen LogP contribution < -0.4 is 19.7 Å². The number of carbonyl (C=O) groups excluding carboxylic acids is 2. The molecular formula is C33H33ClN4O5S. The standard InChI is InChI=1S/C33H33ClN4O5S/c1-21-27(28-19-24(43-4)15-16-30(28)38(21)33(40)22-11-13-23(34)14-12-22)20-32(39)35-17-18-36-44(41,42)31-10-6-7-25-26(31)8-5-9-29(25)37(2)3/h5-16,19,36H,17-18,20H2,1-4H3,(H,35,39). The summed E-state index contributed by atoms with van der Waals surface area (Å²) in [4.78, 5) is 28.7. The van der Waals surface area contributed by atoms with Crippen molar-refractivity contribution >= 4 is 60.8 Å². The first-order valence-corrected chi connectivity index (χ1v) is 15.8. The van der Waals surface area contributed by atoms with Crippen LogP contribution in [0.2, 0.25) is 5.02 Å². The summed E-state index contributed by atoms with van der Waals surface area (Å²) in [6, 6.07) is 22.7. The Labute approximate surface area is 261 Å². The Morgan fingerprint density at radius 2 is 1.61 bits per heavy atom. The summed E-state index contributed by atoms with van der Waals surface area (Å²) < 4.78 is 36.0. The lowest BCUT2D eigenvalue weighted by Crippen LogP contribution is -2.35. The maximum atomic E-state index is 13.5. The fraction of sp³-hybridized carbons (Fsp3) is 0.212. The second-order valence-corrected chi connectivity index (χ2v) is 12.7. The van der Waals surface area contributed by atoms with Crippen molar-refractivity contribution in [2.45, 2.75) is 18.2 Å². The third-order valence-electron chi connectivity index (χ3n) is 7.54. The molecule has 0 spiro atoms. The van der Waals surface area contributed by atoms with Crippen LogP contribution in [0, 0.1) is 6.92 Å². The van der Waals surface area contributed by atoms with Gasteiger partial charge in [0.1, 0.15) is 5.75 Å². The highest BCUT2D eigenvalue weighted by atomic mass is 35.5. The van der Waals surface area contributed by atoms with E-state index in [4.69, 9.17) is 16.3 Å². The van der Waals surface area contributed by atoms with E-state index in [1.165, 1.54) is 0 Å². The molecule has 9 nitrogen and oxygen atoms in total. The van der Waals surface area contributed by atoms with Gasteiger partial charge in [-0.05, 0) is 67.1 Å². The van der Waals surface area contributed by atoms with Crippen molar-refractivity contribution in [3.63, 3.8) is 0 Å². The fourth-order valence-electron chi connectivity index (χ4n) is 5.37. The van der Waals surface area contributed by atoms with Gasteiger partial charge in [0.25, 0.3) is 5.91 Å². The number of carbonyl (C=O) groups is 2. The quantitative estimate of drug-likeness (QED) is 0.206. The van der Waals surface area contributed by atoms with Gasteiger partial charge < -0.3 is 15.0 Å². The number of sulfonamides is 1. The largest absolute Gasteiger partial charge is 0.497 e. The van der Waals surface area contributed by atoms with Crippen LogP contribution in [0.1, 0.15) is 21.6 Å². The Hall–Kier alpha value is -4.38. The lowest BCUT2D eigenvalue weighted by Gasteiger charge is -2.17. The minimum atomic E-state index is -3.85. The van der Waals surface area contributed by atoms with Crippen LogP contribution in [0.25, 0.3) is 21.7 Å². The lowest BCUT2D eigenvalue weighted by atomic mass is 10.1. The second-order valence-electron chi connectivity index (χ2n) is 10.5. The summed E-state index contributed by atoms with van der Waals surface area (Å²) in [6.07, 6.45) is -0.0141. The molecule has 0 saturated heterocycles. The summed E-state index contributed by atoms with van der Waals surface area (Å²) in [6.45, 7) is 1.88. The van der Waals surface area contributed by atoms with Gasteiger partial charge in [-0.3, -0.25) is 14.2 Å². The third-order valence-corrected chi connectivity index (χ3v) is 9.31. The molecule has 0 radical (unpaired) electrons. The first kappa shape index (κ1) is 31.1. The molecule has 1 amide bonds. The van der Waals surface area contributed by atoms with Crippen LogP contribution in [0.4, 0.5) is 5.69 Å². The Morgan fingerprint density at radius 3 is 2.32 bits per heavy atom. The van der Waals surface area contributed by atoms with Crippen molar-refractivity contribution in [2.24, 2.45) is 0 Å². The molecule has 5 rings (SSSR count). The minimum absolute atomic E-state index is 0.00144. The fourth-order valence-corrected chi connectivity index (χ4v) is 6.75. The first-order chi connectivity index (χ1) is 21.0. The molecule has 0 atom stereocenters. The van der Waals surface area contributed by atoms with E-state index in [0.29, 0.717) is 43.9 Å². The molecule has 0 saturated carbocycles. The molecule has 1 aromatic heterocycles. The number of methoxy groups -OCH3 is 1. The SMILES string of the molecule is COc1ccc2c(c1)c(CC(=O)NCCNS(=O)(=O)c1cccc3c(N(C)C)cccc13)c(C)n2C(=O)c1ccc(Cl)cc1. The second kappa shape index (κ2) is 12.7. The molecule has 228 valence electrons. The Bertz CT molecular complexity index is 1990. The van der Waals surface area contributed by atoms with E-state index in [0.717, 1.165) is 11.1 Å². The lowest BCUT2D eigenvalue weighted by molar-refractivity contribution is -0.120. The normalized spacial score (nSPS) is 11.6. The molecule has 4 aromatic carbocycles. The molecule has 0 fully saturated rings. The average Bonchev–Trinajstić information content (AvgIpc) is 3.28. The van der Waals surface area contributed by atoms with E-state index in [1.807, 2.05) is 37.2 Å². The Morgan fingerprint density at radius 1 is 0.909 bits per heavy atom. The maximum Gasteiger partial charge on any atom is 0.262 e. The zero-order valence-electron chi connectivity index (χ0n) is 24.8. The van der Waals surface area contributed by atoms with Crippen molar-refractivity contribution in [3.8, 4) is 5.75 Å². The number of fused-ring (bicyclic) bond motifs is 2. The monoisotopic (exact) mass is 632 g/mol.